The van der Waals surface area contributed by atoms with Crippen LogP contribution < -0.4 is 0 Å². The minimum atomic E-state index is -1.54. The molecule has 9 nitrogen and oxygen atoms in total. The molecule has 0 aromatic heterocycles. The summed E-state index contributed by atoms with van der Waals surface area (Å²) < 4.78 is 22.9. The lowest BCUT2D eigenvalue weighted by molar-refractivity contribution is -0.305. The van der Waals surface area contributed by atoms with Crippen molar-refractivity contribution in [2.45, 2.75) is 230 Å². The average Bonchev–Trinajstić information content (AvgIpc) is 3.27. The number of rotatable bonds is 42. The van der Waals surface area contributed by atoms with Crippen molar-refractivity contribution in [3.8, 4) is 0 Å². The SMILES string of the molecule is CC/C=C\C/C=C\C/C=C\CCCCCCCCCC(=O)OC(COCCCCCCCCC/C=C\C/C=C\C/C=C\CCCCCCC)COC1OC(CO)C(O)C(O)C1O. The first-order chi connectivity index (χ1) is 30.4. The van der Waals surface area contributed by atoms with Gasteiger partial charge in [-0.25, -0.2) is 0 Å². The first-order valence-electron chi connectivity index (χ1n) is 25.0. The maximum atomic E-state index is 12.8. The van der Waals surface area contributed by atoms with Crippen LogP contribution in [0.2, 0.25) is 0 Å². The van der Waals surface area contributed by atoms with Crippen LogP contribution in [0.25, 0.3) is 0 Å². The molecule has 1 fully saturated rings. The minimum absolute atomic E-state index is 0.125. The van der Waals surface area contributed by atoms with E-state index in [-0.39, 0.29) is 19.2 Å². The van der Waals surface area contributed by atoms with Crippen molar-refractivity contribution in [3.05, 3.63) is 72.9 Å². The number of carbonyl (C=O) groups excluding carboxylic acids is 1. The summed E-state index contributed by atoms with van der Waals surface area (Å²) in [6, 6.07) is 0. The second-order valence-corrected chi connectivity index (χ2v) is 16.9. The standard InChI is InChI=1S/C53H92O9/c1-3-5-7-9-11-13-15-17-19-21-22-23-24-25-27-29-31-33-35-37-39-41-43-59-45-47(46-60-53-52(58)51(57)50(56)48(44-54)62-53)61-49(55)42-40-38-36-34-32-30-28-26-20-18-16-14-12-10-8-6-4-2/h6,8,12,14-15,17-18,20-22,24-25,47-48,50-54,56-58H,3-5,7,9-11,13,16,19,23,26-46H2,1-2H3/b8-6-,14-12-,17-15-,20-18-,22-21-,25-24-. The van der Waals surface area contributed by atoms with E-state index in [0.29, 0.717) is 13.0 Å². The number of unbranched alkanes of at least 4 members (excludes halogenated alkanes) is 19. The van der Waals surface area contributed by atoms with Crippen LogP contribution in [-0.2, 0) is 23.7 Å². The lowest BCUT2D eigenvalue weighted by atomic mass is 9.99. The highest BCUT2D eigenvalue weighted by Crippen LogP contribution is 2.22. The molecule has 4 N–H and O–H groups in total. The number of carbonyl (C=O) groups is 1. The normalized spacial score (nSPS) is 20.4. The van der Waals surface area contributed by atoms with Gasteiger partial charge in [-0.05, 0) is 83.5 Å². The van der Waals surface area contributed by atoms with Crippen LogP contribution >= 0.6 is 0 Å². The summed E-state index contributed by atoms with van der Waals surface area (Å²) in [4.78, 5) is 12.8. The van der Waals surface area contributed by atoms with Gasteiger partial charge >= 0.3 is 5.97 Å². The number of esters is 1. The van der Waals surface area contributed by atoms with Crippen LogP contribution in [0.5, 0.6) is 0 Å². The molecule has 0 aromatic carbocycles. The van der Waals surface area contributed by atoms with Crippen molar-refractivity contribution in [2.75, 3.05) is 26.4 Å². The summed E-state index contributed by atoms with van der Waals surface area (Å²) >= 11 is 0. The predicted octanol–water partition coefficient (Wildman–Crippen LogP) is 12.0. The Bertz CT molecular complexity index is 1180. The fourth-order valence-electron chi connectivity index (χ4n) is 7.22. The van der Waals surface area contributed by atoms with Gasteiger partial charge in [0.05, 0.1) is 19.8 Å². The molecule has 1 aliphatic heterocycles. The molecule has 9 heteroatoms. The van der Waals surface area contributed by atoms with Gasteiger partial charge in [-0.1, -0.05) is 177 Å². The lowest BCUT2D eigenvalue weighted by Gasteiger charge is -2.39. The molecule has 6 atom stereocenters. The fraction of sp³-hybridized carbons (Fsp3) is 0.755. The van der Waals surface area contributed by atoms with Gasteiger partial charge in [0.25, 0.3) is 0 Å². The second kappa shape index (κ2) is 43.9. The number of ether oxygens (including phenoxy) is 4. The van der Waals surface area contributed by atoms with Gasteiger partial charge in [-0.15, -0.1) is 0 Å². The van der Waals surface area contributed by atoms with Crippen LogP contribution in [0.3, 0.4) is 0 Å². The highest BCUT2D eigenvalue weighted by Gasteiger charge is 2.44. The van der Waals surface area contributed by atoms with E-state index in [2.05, 4.69) is 86.8 Å². The molecule has 62 heavy (non-hydrogen) atoms. The molecule has 0 saturated carbocycles. The molecule has 1 heterocycles. The average molecular weight is 873 g/mol. The second-order valence-electron chi connectivity index (χ2n) is 16.9. The highest BCUT2D eigenvalue weighted by atomic mass is 16.7. The topological polar surface area (TPSA) is 135 Å². The molecule has 0 radical (unpaired) electrons. The van der Waals surface area contributed by atoms with Gasteiger partial charge in [0.15, 0.2) is 6.29 Å². The molecule has 1 rings (SSSR count). The first-order valence-corrected chi connectivity index (χ1v) is 25.0. The Labute approximate surface area is 378 Å². The van der Waals surface area contributed by atoms with Gasteiger partial charge in [0.2, 0.25) is 0 Å². The summed E-state index contributed by atoms with van der Waals surface area (Å²) in [5.41, 5.74) is 0. The van der Waals surface area contributed by atoms with Crippen LogP contribution in [0.15, 0.2) is 72.9 Å². The van der Waals surface area contributed by atoms with Gasteiger partial charge in [0.1, 0.15) is 30.5 Å². The Morgan fingerprint density at radius 1 is 0.532 bits per heavy atom. The van der Waals surface area contributed by atoms with Gasteiger partial charge < -0.3 is 39.4 Å². The fourth-order valence-corrected chi connectivity index (χ4v) is 7.22. The van der Waals surface area contributed by atoms with Crippen LogP contribution in [0.1, 0.15) is 194 Å². The molecular formula is C53H92O9. The Balaban J connectivity index is 2.24. The van der Waals surface area contributed by atoms with E-state index in [9.17, 15) is 25.2 Å². The maximum absolute atomic E-state index is 12.8. The first kappa shape index (κ1) is 57.6. The van der Waals surface area contributed by atoms with Crippen molar-refractivity contribution in [1.82, 2.24) is 0 Å². The minimum Gasteiger partial charge on any atom is -0.457 e. The molecular weight excluding hydrogens is 781 g/mol. The van der Waals surface area contributed by atoms with Crippen LogP contribution in [0, 0.1) is 0 Å². The van der Waals surface area contributed by atoms with Crippen LogP contribution in [0.4, 0.5) is 0 Å². The molecule has 6 unspecified atom stereocenters. The maximum Gasteiger partial charge on any atom is 0.306 e. The van der Waals surface area contributed by atoms with Gasteiger partial charge in [-0.3, -0.25) is 4.79 Å². The third kappa shape index (κ3) is 34.1. The molecule has 1 saturated heterocycles. The predicted molar refractivity (Wildman–Crippen MR) is 256 cm³/mol. The zero-order valence-electron chi connectivity index (χ0n) is 39.3. The number of hydrogen-bond donors (Lipinski definition) is 4. The molecule has 0 spiro atoms. The number of hydrogen-bond acceptors (Lipinski definition) is 9. The lowest BCUT2D eigenvalue weighted by Crippen LogP contribution is -2.59. The van der Waals surface area contributed by atoms with Crippen molar-refractivity contribution < 1.29 is 44.2 Å². The summed E-state index contributed by atoms with van der Waals surface area (Å²) in [7, 11) is 0. The van der Waals surface area contributed by atoms with Gasteiger partial charge in [0, 0.05) is 13.0 Å². The van der Waals surface area contributed by atoms with E-state index in [0.717, 1.165) is 89.9 Å². The highest BCUT2D eigenvalue weighted by molar-refractivity contribution is 5.69. The zero-order valence-corrected chi connectivity index (χ0v) is 39.3. The van der Waals surface area contributed by atoms with Crippen molar-refractivity contribution in [2.24, 2.45) is 0 Å². The third-order valence-electron chi connectivity index (χ3n) is 11.1. The Kier molecular flexibility index (Phi) is 40.8. The van der Waals surface area contributed by atoms with Crippen molar-refractivity contribution in [1.29, 1.82) is 0 Å². The summed E-state index contributed by atoms with van der Waals surface area (Å²) in [6.45, 7) is 4.40. The largest absolute Gasteiger partial charge is 0.457 e. The molecule has 0 bridgehead atoms. The summed E-state index contributed by atoms with van der Waals surface area (Å²) in [6.07, 6.45) is 50.7. The van der Waals surface area contributed by atoms with Crippen molar-refractivity contribution >= 4 is 5.97 Å². The number of aliphatic hydroxyl groups is 4. The Morgan fingerprint density at radius 2 is 0.984 bits per heavy atom. The third-order valence-corrected chi connectivity index (χ3v) is 11.1. The van der Waals surface area contributed by atoms with Crippen LogP contribution in [-0.4, -0.2) is 89.6 Å². The van der Waals surface area contributed by atoms with Crippen molar-refractivity contribution in [3.63, 3.8) is 0 Å². The molecule has 0 aliphatic carbocycles. The smallest absolute Gasteiger partial charge is 0.306 e. The quantitative estimate of drug-likeness (QED) is 0.0269. The molecule has 0 amide bonds. The molecule has 0 aromatic rings. The van der Waals surface area contributed by atoms with E-state index in [4.69, 9.17) is 18.9 Å². The zero-order chi connectivity index (χ0) is 45.0. The van der Waals surface area contributed by atoms with E-state index in [1.54, 1.807) is 0 Å². The molecule has 1 aliphatic rings. The number of allylic oxidation sites excluding steroid dienone is 12. The summed E-state index contributed by atoms with van der Waals surface area (Å²) in [5.74, 6) is -0.329. The van der Waals surface area contributed by atoms with E-state index in [1.807, 2.05) is 0 Å². The monoisotopic (exact) mass is 873 g/mol. The van der Waals surface area contributed by atoms with E-state index in [1.165, 1.54) is 83.5 Å². The van der Waals surface area contributed by atoms with E-state index >= 15 is 0 Å². The van der Waals surface area contributed by atoms with E-state index < -0.39 is 43.4 Å². The van der Waals surface area contributed by atoms with Gasteiger partial charge in [-0.2, -0.15) is 0 Å². The summed E-state index contributed by atoms with van der Waals surface area (Å²) in [5, 5.41) is 40.2. The number of aliphatic hydroxyl groups excluding tert-OH is 4. The Hall–Kier alpha value is -2.37. The Morgan fingerprint density at radius 3 is 1.48 bits per heavy atom. The molecule has 358 valence electrons.